The molecule has 6 nitrogen and oxygen atoms in total. The van der Waals surface area contributed by atoms with E-state index in [-0.39, 0.29) is 6.09 Å². The largest absolute Gasteiger partial charge is 0.444 e. The van der Waals surface area contributed by atoms with Gasteiger partial charge in [-0.1, -0.05) is 31.0 Å². The standard InChI is InChI=1S/C23H36N4O2S/c1-22(2,3)29-21(28)27-14-12-26(13-15-27)19-17-8-11-23(9-6-5-7-10-23)16-18(17)24-20(25-19)30-4/h5-16H2,1-4H3. The number of piperazine rings is 1. The molecule has 0 aromatic carbocycles. The molecular weight excluding hydrogens is 396 g/mol. The first-order valence-corrected chi connectivity index (χ1v) is 12.7. The van der Waals surface area contributed by atoms with Gasteiger partial charge in [-0.3, -0.25) is 0 Å². The maximum absolute atomic E-state index is 12.4. The molecule has 166 valence electrons. The van der Waals surface area contributed by atoms with E-state index in [0.29, 0.717) is 18.5 Å². The van der Waals surface area contributed by atoms with Crippen molar-refractivity contribution in [3.05, 3.63) is 11.3 Å². The van der Waals surface area contributed by atoms with Gasteiger partial charge in [-0.05, 0) is 64.5 Å². The van der Waals surface area contributed by atoms with E-state index in [9.17, 15) is 4.79 Å². The number of hydrogen-bond acceptors (Lipinski definition) is 6. The van der Waals surface area contributed by atoms with Crippen LogP contribution >= 0.6 is 11.8 Å². The molecule has 1 aliphatic heterocycles. The van der Waals surface area contributed by atoms with Crippen molar-refractivity contribution >= 4 is 23.7 Å². The Kier molecular flexibility index (Phi) is 6.20. The smallest absolute Gasteiger partial charge is 0.410 e. The SMILES string of the molecule is CSc1nc2c(c(N3CCN(C(=O)OC(C)(C)C)CC3)n1)CCC1(CCCCC1)C2. The molecule has 0 N–H and O–H groups in total. The number of rotatable bonds is 2. The van der Waals surface area contributed by atoms with Crippen molar-refractivity contribution in [3.8, 4) is 0 Å². The predicted molar refractivity (Wildman–Crippen MR) is 121 cm³/mol. The lowest BCUT2D eigenvalue weighted by molar-refractivity contribution is 0.0240. The molecule has 7 heteroatoms. The normalized spacial score (nSPS) is 21.5. The summed E-state index contributed by atoms with van der Waals surface area (Å²) < 4.78 is 5.55. The van der Waals surface area contributed by atoms with Crippen LogP contribution in [0.1, 0.15) is 70.6 Å². The lowest BCUT2D eigenvalue weighted by Gasteiger charge is -2.42. The van der Waals surface area contributed by atoms with Crippen molar-refractivity contribution < 1.29 is 9.53 Å². The second-order valence-electron chi connectivity index (χ2n) is 10.2. The van der Waals surface area contributed by atoms with E-state index in [1.54, 1.807) is 11.8 Å². The van der Waals surface area contributed by atoms with Crippen LogP contribution in [-0.4, -0.2) is 59.0 Å². The van der Waals surface area contributed by atoms with Crippen LogP contribution in [0.15, 0.2) is 5.16 Å². The Morgan fingerprint density at radius 3 is 2.37 bits per heavy atom. The third kappa shape index (κ3) is 4.71. The monoisotopic (exact) mass is 432 g/mol. The van der Waals surface area contributed by atoms with E-state index in [1.807, 2.05) is 25.7 Å². The summed E-state index contributed by atoms with van der Waals surface area (Å²) in [5, 5.41) is 0.881. The Balaban J connectivity index is 1.50. The molecule has 3 aliphatic rings. The fourth-order valence-corrected chi connectivity index (χ4v) is 5.62. The molecule has 2 heterocycles. The molecule has 0 bridgehead atoms. The van der Waals surface area contributed by atoms with Crippen LogP contribution in [0, 0.1) is 5.41 Å². The quantitative estimate of drug-likeness (QED) is 0.499. The second kappa shape index (κ2) is 8.56. The number of carbonyl (C=O) groups is 1. The van der Waals surface area contributed by atoms with Crippen molar-refractivity contribution in [2.75, 3.05) is 37.3 Å². The minimum atomic E-state index is -0.456. The van der Waals surface area contributed by atoms with Gasteiger partial charge in [-0.25, -0.2) is 14.8 Å². The third-order valence-corrected chi connectivity index (χ3v) is 7.37. The van der Waals surface area contributed by atoms with Crippen LogP contribution in [0.4, 0.5) is 10.6 Å². The highest BCUT2D eigenvalue weighted by Gasteiger charge is 2.38. The molecule has 1 aromatic heterocycles. The fraction of sp³-hybridized carbons (Fsp3) is 0.783. The van der Waals surface area contributed by atoms with Crippen LogP contribution in [0.25, 0.3) is 0 Å². The molecule has 0 radical (unpaired) electrons. The first-order valence-electron chi connectivity index (χ1n) is 11.5. The van der Waals surface area contributed by atoms with Crippen LogP contribution in [0.2, 0.25) is 0 Å². The van der Waals surface area contributed by atoms with Gasteiger partial charge in [0, 0.05) is 31.7 Å². The third-order valence-electron chi connectivity index (χ3n) is 6.83. The number of nitrogens with zero attached hydrogens (tertiary/aromatic N) is 4. The molecule has 1 amide bonds. The number of thioether (sulfide) groups is 1. The molecule has 1 aromatic rings. The second-order valence-corrected chi connectivity index (χ2v) is 10.9. The Bertz CT molecular complexity index is 778. The molecule has 4 rings (SSSR count). The van der Waals surface area contributed by atoms with Crippen molar-refractivity contribution in [2.45, 2.75) is 82.9 Å². The van der Waals surface area contributed by atoms with Gasteiger partial charge in [0.25, 0.3) is 0 Å². The Hall–Kier alpha value is -1.50. The molecule has 2 aliphatic carbocycles. The highest BCUT2D eigenvalue weighted by molar-refractivity contribution is 7.98. The van der Waals surface area contributed by atoms with Gasteiger partial charge in [-0.15, -0.1) is 0 Å². The van der Waals surface area contributed by atoms with E-state index in [1.165, 1.54) is 49.8 Å². The summed E-state index contributed by atoms with van der Waals surface area (Å²) in [6, 6.07) is 0. The van der Waals surface area contributed by atoms with Crippen LogP contribution in [-0.2, 0) is 17.6 Å². The predicted octanol–water partition coefficient (Wildman–Crippen LogP) is 4.69. The minimum absolute atomic E-state index is 0.212. The Labute approximate surface area is 185 Å². The van der Waals surface area contributed by atoms with Crippen LogP contribution in [0.3, 0.4) is 0 Å². The van der Waals surface area contributed by atoms with Crippen LogP contribution in [0.5, 0.6) is 0 Å². The average Bonchev–Trinajstić information content (AvgIpc) is 2.72. The number of carbonyl (C=O) groups excluding carboxylic acids is 1. The number of ether oxygens (including phenoxy) is 1. The van der Waals surface area contributed by atoms with Crippen LogP contribution < -0.4 is 4.90 Å². The Morgan fingerprint density at radius 2 is 1.73 bits per heavy atom. The lowest BCUT2D eigenvalue weighted by Crippen LogP contribution is -2.50. The number of fused-ring (bicyclic) bond motifs is 1. The summed E-state index contributed by atoms with van der Waals surface area (Å²) in [5.41, 5.74) is 2.66. The zero-order valence-electron chi connectivity index (χ0n) is 19.0. The molecule has 1 saturated carbocycles. The maximum Gasteiger partial charge on any atom is 0.410 e. The number of hydrogen-bond donors (Lipinski definition) is 0. The molecule has 0 atom stereocenters. The number of amides is 1. The van der Waals surface area contributed by atoms with Gasteiger partial charge in [0.05, 0.1) is 5.69 Å². The highest BCUT2D eigenvalue weighted by Crippen LogP contribution is 2.47. The van der Waals surface area contributed by atoms with E-state index in [2.05, 4.69) is 11.2 Å². The molecule has 1 spiro atoms. The van der Waals surface area contributed by atoms with Gasteiger partial charge in [0.15, 0.2) is 5.16 Å². The lowest BCUT2D eigenvalue weighted by atomic mass is 9.65. The number of anilines is 1. The van der Waals surface area contributed by atoms with Crippen molar-refractivity contribution in [1.82, 2.24) is 14.9 Å². The highest BCUT2D eigenvalue weighted by atomic mass is 32.2. The Morgan fingerprint density at radius 1 is 1.03 bits per heavy atom. The molecule has 2 fully saturated rings. The molecule has 0 unspecified atom stereocenters. The van der Waals surface area contributed by atoms with Crippen molar-refractivity contribution in [3.63, 3.8) is 0 Å². The fourth-order valence-electron chi connectivity index (χ4n) is 5.24. The first kappa shape index (κ1) is 21.7. The summed E-state index contributed by atoms with van der Waals surface area (Å²) in [5.74, 6) is 1.11. The minimum Gasteiger partial charge on any atom is -0.444 e. The van der Waals surface area contributed by atoms with Gasteiger partial charge in [0.1, 0.15) is 11.4 Å². The van der Waals surface area contributed by atoms with E-state index in [0.717, 1.165) is 36.9 Å². The zero-order valence-corrected chi connectivity index (χ0v) is 19.8. The van der Waals surface area contributed by atoms with E-state index >= 15 is 0 Å². The van der Waals surface area contributed by atoms with Gasteiger partial charge in [-0.2, -0.15) is 0 Å². The summed E-state index contributed by atoms with van der Waals surface area (Å²) in [4.78, 5) is 26.5. The molecule has 30 heavy (non-hydrogen) atoms. The average molecular weight is 433 g/mol. The summed E-state index contributed by atoms with van der Waals surface area (Å²) in [7, 11) is 0. The van der Waals surface area contributed by atoms with Gasteiger partial charge < -0.3 is 14.5 Å². The topological polar surface area (TPSA) is 58.6 Å². The van der Waals surface area contributed by atoms with Crippen molar-refractivity contribution in [2.24, 2.45) is 5.41 Å². The summed E-state index contributed by atoms with van der Waals surface area (Å²) in [6.07, 6.45) is 12.2. The summed E-state index contributed by atoms with van der Waals surface area (Å²) >= 11 is 1.63. The van der Waals surface area contributed by atoms with Gasteiger partial charge >= 0.3 is 6.09 Å². The first-order chi connectivity index (χ1) is 14.3. The van der Waals surface area contributed by atoms with E-state index in [4.69, 9.17) is 14.7 Å². The summed E-state index contributed by atoms with van der Waals surface area (Å²) in [6.45, 7) is 8.67. The molecular formula is C23H36N4O2S. The zero-order chi connectivity index (χ0) is 21.4. The van der Waals surface area contributed by atoms with E-state index < -0.39 is 5.60 Å². The maximum atomic E-state index is 12.4. The van der Waals surface area contributed by atoms with Gasteiger partial charge in [0.2, 0.25) is 0 Å². The number of aromatic nitrogens is 2. The van der Waals surface area contributed by atoms with Crippen molar-refractivity contribution in [1.29, 1.82) is 0 Å². The molecule has 1 saturated heterocycles.